The summed E-state index contributed by atoms with van der Waals surface area (Å²) in [5.74, 6) is -6.51. The molecule has 3 unspecified atom stereocenters. The number of ether oxygens (including phenoxy) is 5. The number of esters is 1. The Hall–Kier alpha value is -3.66. The van der Waals surface area contributed by atoms with Gasteiger partial charge in [-0.25, -0.2) is 0 Å². The summed E-state index contributed by atoms with van der Waals surface area (Å²) >= 11 is 0. The molecular weight excluding hydrogens is 558 g/mol. The van der Waals surface area contributed by atoms with Crippen LogP contribution >= 0.6 is 0 Å². The van der Waals surface area contributed by atoms with Crippen molar-refractivity contribution < 1.29 is 63.3 Å². The molecule has 4 N–H and O–H groups in total. The lowest BCUT2D eigenvalue weighted by atomic mass is 9.64. The summed E-state index contributed by atoms with van der Waals surface area (Å²) in [4.78, 5) is 56.1. The van der Waals surface area contributed by atoms with Crippen molar-refractivity contribution in [3.8, 4) is 11.5 Å². The first kappa shape index (κ1) is 27.2. The molecule has 1 aliphatic carbocycles. The molecule has 42 heavy (non-hydrogen) atoms. The smallest absolute Gasteiger partial charge is 0.312 e. The molecule has 0 aromatic heterocycles. The van der Waals surface area contributed by atoms with E-state index in [4.69, 9.17) is 23.7 Å². The second-order valence-corrected chi connectivity index (χ2v) is 11.4. The Kier molecular flexibility index (Phi) is 5.48. The van der Waals surface area contributed by atoms with Crippen molar-refractivity contribution in [3.63, 3.8) is 0 Å². The van der Waals surface area contributed by atoms with Gasteiger partial charge in [-0.05, 0) is 30.0 Å². The highest BCUT2D eigenvalue weighted by Crippen LogP contribution is 2.61. The summed E-state index contributed by atoms with van der Waals surface area (Å²) in [5.41, 5.74) is -5.54. The van der Waals surface area contributed by atoms with Crippen molar-refractivity contribution in [3.05, 3.63) is 34.4 Å². The first-order chi connectivity index (χ1) is 19.8. The van der Waals surface area contributed by atoms with Gasteiger partial charge in [0.2, 0.25) is 23.0 Å². The first-order valence-corrected chi connectivity index (χ1v) is 13.3. The molecule has 14 heteroatoms. The van der Waals surface area contributed by atoms with Crippen LogP contribution in [0.2, 0.25) is 0 Å². The van der Waals surface area contributed by atoms with E-state index in [1.165, 1.54) is 38.1 Å². The topological polar surface area (TPSA) is 199 Å². The van der Waals surface area contributed by atoms with Gasteiger partial charge in [0, 0.05) is 38.1 Å². The number of methoxy groups -OCH3 is 1. The van der Waals surface area contributed by atoms with Crippen LogP contribution in [0.15, 0.2) is 12.1 Å². The van der Waals surface area contributed by atoms with Crippen molar-refractivity contribution in [2.45, 2.75) is 67.9 Å². The van der Waals surface area contributed by atoms with Crippen LogP contribution in [0.4, 0.5) is 0 Å². The Morgan fingerprint density at radius 2 is 1.81 bits per heavy atom. The van der Waals surface area contributed by atoms with Gasteiger partial charge in [-0.3, -0.25) is 19.2 Å². The van der Waals surface area contributed by atoms with Gasteiger partial charge in [0.15, 0.2) is 6.29 Å². The number of carbonyl (C=O) groups excluding carboxylic acids is 4. The number of hydrogen-bond acceptors (Lipinski definition) is 13. The second kappa shape index (κ2) is 8.46. The zero-order valence-corrected chi connectivity index (χ0v) is 22.7. The third-order valence-electron chi connectivity index (χ3n) is 9.19. The van der Waals surface area contributed by atoms with Gasteiger partial charge in [-0.15, -0.1) is 0 Å². The molecule has 0 saturated carbocycles. The van der Waals surface area contributed by atoms with Gasteiger partial charge in [0.05, 0.1) is 29.9 Å². The minimum atomic E-state index is -2.57. The van der Waals surface area contributed by atoms with Crippen LogP contribution in [0.3, 0.4) is 0 Å². The zero-order valence-electron chi connectivity index (χ0n) is 22.7. The van der Waals surface area contributed by atoms with E-state index in [1.54, 1.807) is 0 Å². The van der Waals surface area contributed by atoms with Crippen molar-refractivity contribution in [1.29, 1.82) is 0 Å². The van der Waals surface area contributed by atoms with Crippen LogP contribution in [0.1, 0.15) is 56.4 Å². The number of nitrogens with zero attached hydrogens (tertiary/aromatic N) is 1. The van der Waals surface area contributed by atoms with Gasteiger partial charge in [0.25, 0.3) is 11.5 Å². The number of fused-ring (bicyclic) bond motifs is 4. The highest BCUT2D eigenvalue weighted by molar-refractivity contribution is 6.28. The van der Waals surface area contributed by atoms with Crippen LogP contribution in [0.25, 0.3) is 10.8 Å². The lowest BCUT2D eigenvalue weighted by molar-refractivity contribution is -0.291. The SMILES string of the molecule is COC12CC(=O)OC13C(=O)c1c(cc4cc(O)c5c(c4c1O)CN(C)C5=O)C(=O)C3(O[C@@H]1C[C@H](O)[C@H](O)[C@@H](C)O1)CO2. The average Bonchev–Trinajstić information content (AvgIpc) is 3.50. The van der Waals surface area contributed by atoms with E-state index in [0.29, 0.717) is 0 Å². The maximum absolute atomic E-state index is 14.7. The van der Waals surface area contributed by atoms with Crippen LogP contribution in [-0.4, -0.2) is 111 Å². The molecule has 1 amide bonds. The number of Topliss-reactive ketones (excluding diaryl/α,β-unsaturated/α-hetero) is 2. The molecule has 2 aromatic rings. The fourth-order valence-electron chi connectivity index (χ4n) is 7.18. The summed E-state index contributed by atoms with van der Waals surface area (Å²) in [6, 6.07) is 2.50. The highest BCUT2D eigenvalue weighted by atomic mass is 16.8. The molecule has 1 spiro atoms. The van der Waals surface area contributed by atoms with Crippen LogP contribution in [0, 0.1) is 0 Å². The van der Waals surface area contributed by atoms with Crippen molar-refractivity contribution >= 4 is 34.2 Å². The molecule has 222 valence electrons. The molecular formula is C28H27NO13. The van der Waals surface area contributed by atoms with E-state index in [1.807, 2.05) is 0 Å². The van der Waals surface area contributed by atoms with Gasteiger partial charge in [-0.2, -0.15) is 0 Å². The number of phenolic OH excluding ortho intramolecular Hbond substituents is 2. The van der Waals surface area contributed by atoms with E-state index < -0.39 is 89.4 Å². The first-order valence-electron chi connectivity index (χ1n) is 13.3. The molecule has 14 nitrogen and oxygen atoms in total. The van der Waals surface area contributed by atoms with Gasteiger partial charge in [0.1, 0.15) is 24.0 Å². The van der Waals surface area contributed by atoms with Gasteiger partial charge in [-0.1, -0.05) is 0 Å². The minimum Gasteiger partial charge on any atom is -0.507 e. The number of aromatic hydroxyl groups is 2. The minimum absolute atomic E-state index is 0.0111. The van der Waals surface area contributed by atoms with Crippen molar-refractivity contribution in [1.82, 2.24) is 4.90 Å². The Morgan fingerprint density at radius 1 is 1.07 bits per heavy atom. The fraction of sp³-hybridized carbons (Fsp3) is 0.500. The molecule has 5 aliphatic rings. The summed E-state index contributed by atoms with van der Waals surface area (Å²) in [7, 11) is 2.68. The quantitative estimate of drug-likeness (QED) is 0.348. The van der Waals surface area contributed by atoms with E-state index in [-0.39, 0.29) is 46.2 Å². The lowest BCUT2D eigenvalue weighted by Gasteiger charge is -2.48. The summed E-state index contributed by atoms with van der Waals surface area (Å²) in [5, 5.41) is 43.1. The molecule has 3 saturated heterocycles. The third-order valence-corrected chi connectivity index (χ3v) is 9.19. The number of phenols is 2. The standard InChI is InChI=1S/C28H27NO13/c1-10-21(33)15(31)6-17(40-10)42-26-9-39-27(38-3)7-16(32)41-28(26,27)24(36)20-12(23(26)35)4-11-5-14(30)19-13(18(11)22(20)34)8-29(2)25(19)37/h4-5,10,15,17,21,30-31,33-34H,6-9H2,1-3H3/t10-,15+,17-,21-,26?,27?,28?/m1/s1. The third kappa shape index (κ3) is 2.98. The van der Waals surface area contributed by atoms with Crippen molar-refractivity contribution in [2.75, 3.05) is 20.8 Å². The van der Waals surface area contributed by atoms with E-state index in [9.17, 15) is 39.6 Å². The number of hydrogen-bond donors (Lipinski definition) is 4. The molecule has 0 radical (unpaired) electrons. The summed E-state index contributed by atoms with van der Waals surface area (Å²) in [6.45, 7) is 0.868. The van der Waals surface area contributed by atoms with Crippen molar-refractivity contribution in [2.24, 2.45) is 0 Å². The van der Waals surface area contributed by atoms with E-state index in [0.717, 1.165) is 0 Å². The number of amides is 1. The average molecular weight is 586 g/mol. The lowest BCUT2D eigenvalue weighted by Crippen LogP contribution is -2.73. The largest absolute Gasteiger partial charge is 0.507 e. The van der Waals surface area contributed by atoms with Crippen LogP contribution in [0.5, 0.6) is 11.5 Å². The molecule has 7 atom stereocenters. The number of carbonyl (C=O) groups is 4. The summed E-state index contributed by atoms with van der Waals surface area (Å²) in [6.07, 6.45) is -5.70. The predicted octanol–water partition coefficient (Wildman–Crippen LogP) is -0.114. The van der Waals surface area contributed by atoms with Crippen LogP contribution < -0.4 is 0 Å². The number of ketones is 2. The molecule has 4 heterocycles. The molecule has 2 aromatic carbocycles. The Balaban J connectivity index is 1.48. The van der Waals surface area contributed by atoms with E-state index >= 15 is 0 Å². The molecule has 4 aliphatic heterocycles. The zero-order chi connectivity index (χ0) is 30.1. The Labute approximate surface area is 237 Å². The molecule has 7 rings (SSSR count). The monoisotopic (exact) mass is 585 g/mol. The van der Waals surface area contributed by atoms with Crippen LogP contribution in [-0.2, 0) is 35.0 Å². The number of aliphatic hydroxyl groups is 2. The summed E-state index contributed by atoms with van der Waals surface area (Å²) < 4.78 is 29.1. The number of aliphatic hydroxyl groups excluding tert-OH is 2. The van der Waals surface area contributed by atoms with Gasteiger partial charge < -0.3 is 49.0 Å². The maximum atomic E-state index is 14.7. The number of benzene rings is 2. The normalized spacial score (nSPS) is 37.1. The Bertz CT molecular complexity index is 1630. The Morgan fingerprint density at radius 3 is 2.50 bits per heavy atom. The number of rotatable bonds is 3. The maximum Gasteiger partial charge on any atom is 0.312 e. The predicted molar refractivity (Wildman–Crippen MR) is 136 cm³/mol. The second-order valence-electron chi connectivity index (χ2n) is 11.4. The molecule has 0 bridgehead atoms. The molecule has 3 fully saturated rings. The highest BCUT2D eigenvalue weighted by Gasteiger charge is 2.86. The van der Waals surface area contributed by atoms with E-state index in [2.05, 4.69) is 0 Å². The van der Waals surface area contributed by atoms with Gasteiger partial charge >= 0.3 is 5.97 Å². The fourth-order valence-corrected chi connectivity index (χ4v) is 7.18.